The molecule has 128 valence electrons. The SMILES string of the molecule is COCc1cn(C2=NCC(=O)N3CCc4c(Br)cccc4C3=C2)cn1. The molecule has 0 N–H and O–H groups in total. The lowest BCUT2D eigenvalue weighted by molar-refractivity contribution is -0.126. The van der Waals surface area contributed by atoms with E-state index in [4.69, 9.17) is 4.74 Å². The van der Waals surface area contributed by atoms with Crippen LogP contribution in [-0.4, -0.2) is 46.4 Å². The third kappa shape index (κ3) is 2.94. The van der Waals surface area contributed by atoms with Gasteiger partial charge in [0.05, 0.1) is 18.0 Å². The van der Waals surface area contributed by atoms with Gasteiger partial charge < -0.3 is 9.64 Å². The predicted octanol–water partition coefficient (Wildman–Crippen LogP) is 2.48. The van der Waals surface area contributed by atoms with Crippen LogP contribution < -0.4 is 0 Å². The van der Waals surface area contributed by atoms with Gasteiger partial charge in [-0.05, 0) is 18.1 Å². The number of hydrogen-bond donors (Lipinski definition) is 0. The van der Waals surface area contributed by atoms with Crippen LogP contribution in [0.3, 0.4) is 0 Å². The fraction of sp³-hybridized carbons (Fsp3) is 0.278. The van der Waals surface area contributed by atoms with Gasteiger partial charge in [-0.1, -0.05) is 28.1 Å². The highest BCUT2D eigenvalue weighted by Crippen LogP contribution is 2.34. The van der Waals surface area contributed by atoms with Crippen LogP contribution in [0.5, 0.6) is 0 Å². The van der Waals surface area contributed by atoms with E-state index in [0.717, 1.165) is 27.8 Å². The molecule has 0 fully saturated rings. The number of halogens is 1. The molecule has 7 heteroatoms. The second kappa shape index (κ2) is 6.57. The maximum atomic E-state index is 12.5. The first-order valence-corrected chi connectivity index (χ1v) is 8.83. The Balaban J connectivity index is 1.80. The number of ether oxygens (including phenoxy) is 1. The van der Waals surface area contributed by atoms with Crippen LogP contribution in [0.1, 0.15) is 16.8 Å². The Morgan fingerprint density at radius 1 is 1.36 bits per heavy atom. The van der Waals surface area contributed by atoms with Crippen molar-refractivity contribution in [2.75, 3.05) is 20.2 Å². The number of aromatic nitrogens is 2. The topological polar surface area (TPSA) is 59.7 Å². The number of fused-ring (bicyclic) bond motifs is 3. The molecule has 1 aromatic carbocycles. The lowest BCUT2D eigenvalue weighted by atomic mass is 9.96. The summed E-state index contributed by atoms with van der Waals surface area (Å²) in [6.45, 7) is 1.25. The van der Waals surface area contributed by atoms with Crippen molar-refractivity contribution >= 4 is 33.4 Å². The van der Waals surface area contributed by atoms with E-state index in [9.17, 15) is 4.79 Å². The molecule has 25 heavy (non-hydrogen) atoms. The van der Waals surface area contributed by atoms with Gasteiger partial charge in [0.1, 0.15) is 18.7 Å². The van der Waals surface area contributed by atoms with Crippen LogP contribution >= 0.6 is 15.9 Å². The van der Waals surface area contributed by atoms with Gasteiger partial charge in [-0.15, -0.1) is 0 Å². The molecule has 3 heterocycles. The third-order valence-electron chi connectivity index (χ3n) is 4.41. The second-order valence-electron chi connectivity index (χ2n) is 5.97. The zero-order valence-electron chi connectivity index (χ0n) is 13.8. The summed E-state index contributed by atoms with van der Waals surface area (Å²) in [5.74, 6) is 0.720. The van der Waals surface area contributed by atoms with E-state index in [1.54, 1.807) is 13.4 Å². The summed E-state index contributed by atoms with van der Waals surface area (Å²) in [4.78, 5) is 23.2. The summed E-state index contributed by atoms with van der Waals surface area (Å²) in [7, 11) is 1.64. The average Bonchev–Trinajstić information content (AvgIpc) is 3.00. The van der Waals surface area contributed by atoms with Gasteiger partial charge in [-0.3, -0.25) is 14.4 Å². The minimum atomic E-state index is 0.0177. The summed E-state index contributed by atoms with van der Waals surface area (Å²) in [6, 6.07) is 6.08. The molecule has 2 aromatic rings. The molecule has 0 aliphatic carbocycles. The maximum Gasteiger partial charge on any atom is 0.248 e. The number of carbonyl (C=O) groups is 1. The molecule has 1 aromatic heterocycles. The van der Waals surface area contributed by atoms with E-state index in [1.807, 2.05) is 33.9 Å². The Labute approximate surface area is 154 Å². The Morgan fingerprint density at radius 2 is 2.24 bits per heavy atom. The minimum absolute atomic E-state index is 0.0177. The van der Waals surface area contributed by atoms with Crippen LogP contribution in [0.15, 0.2) is 46.3 Å². The molecule has 0 atom stereocenters. The number of rotatable bonds is 2. The van der Waals surface area contributed by atoms with Crippen LogP contribution in [0.2, 0.25) is 0 Å². The molecule has 2 aliphatic rings. The molecule has 2 aliphatic heterocycles. The summed E-state index contributed by atoms with van der Waals surface area (Å²) < 4.78 is 8.03. The van der Waals surface area contributed by atoms with Crippen LogP contribution in [0, 0.1) is 0 Å². The quantitative estimate of drug-likeness (QED) is 0.777. The summed E-state index contributed by atoms with van der Waals surface area (Å²) >= 11 is 3.62. The number of allylic oxidation sites excluding steroid dienone is 1. The van der Waals surface area contributed by atoms with Crippen LogP contribution in [-0.2, 0) is 22.6 Å². The van der Waals surface area contributed by atoms with Crippen LogP contribution in [0.25, 0.3) is 5.70 Å². The fourth-order valence-corrected chi connectivity index (χ4v) is 3.79. The largest absolute Gasteiger partial charge is 0.378 e. The Bertz CT molecular complexity index is 900. The van der Waals surface area contributed by atoms with E-state index in [-0.39, 0.29) is 12.5 Å². The van der Waals surface area contributed by atoms with Crippen LogP contribution in [0.4, 0.5) is 0 Å². The molecule has 0 spiro atoms. The number of hydrogen-bond acceptors (Lipinski definition) is 4. The summed E-state index contributed by atoms with van der Waals surface area (Å²) in [6.07, 6.45) is 6.38. The van der Waals surface area contributed by atoms with Crippen molar-refractivity contribution in [2.45, 2.75) is 13.0 Å². The number of carbonyl (C=O) groups excluding carboxylic acids is 1. The molecule has 0 unspecified atom stereocenters. The Morgan fingerprint density at radius 3 is 3.08 bits per heavy atom. The number of methoxy groups -OCH3 is 1. The standard InChI is InChI=1S/C18H17BrN4O2/c1-25-10-12-9-22(11-21-12)17-7-16-14-3-2-4-15(19)13(14)5-6-23(16)18(24)8-20-17/h2-4,7,9,11H,5-6,8,10H2,1H3. The van der Waals surface area contributed by atoms with Crippen molar-refractivity contribution < 1.29 is 9.53 Å². The van der Waals surface area contributed by atoms with Gasteiger partial charge >= 0.3 is 0 Å². The monoisotopic (exact) mass is 400 g/mol. The molecule has 1 amide bonds. The average molecular weight is 401 g/mol. The fourth-order valence-electron chi connectivity index (χ4n) is 3.23. The first kappa shape index (κ1) is 16.2. The van der Waals surface area contributed by atoms with Gasteiger partial charge in [-0.2, -0.15) is 0 Å². The highest BCUT2D eigenvalue weighted by molar-refractivity contribution is 9.10. The zero-order chi connectivity index (χ0) is 17.4. The van der Waals surface area contributed by atoms with Crippen molar-refractivity contribution in [2.24, 2.45) is 4.99 Å². The van der Waals surface area contributed by atoms with Crippen molar-refractivity contribution in [3.05, 3.63) is 58.1 Å². The molecular weight excluding hydrogens is 384 g/mol. The predicted molar refractivity (Wildman–Crippen MR) is 98.2 cm³/mol. The molecule has 0 saturated heterocycles. The molecule has 0 saturated carbocycles. The first-order valence-electron chi connectivity index (χ1n) is 8.04. The van der Waals surface area contributed by atoms with E-state index in [1.165, 1.54) is 5.56 Å². The van der Waals surface area contributed by atoms with Crippen molar-refractivity contribution in [1.29, 1.82) is 0 Å². The summed E-state index contributed by atoms with van der Waals surface area (Å²) in [5, 5.41) is 0. The van der Waals surface area contributed by atoms with Crippen molar-refractivity contribution in [3.63, 3.8) is 0 Å². The molecule has 6 nitrogen and oxygen atoms in total. The lowest BCUT2D eigenvalue weighted by Crippen LogP contribution is -2.35. The first-order chi connectivity index (χ1) is 12.2. The van der Waals surface area contributed by atoms with Gasteiger partial charge in [0.2, 0.25) is 5.91 Å². The van der Waals surface area contributed by atoms with E-state index in [2.05, 4.69) is 32.0 Å². The molecule has 4 rings (SSSR count). The van der Waals surface area contributed by atoms with Gasteiger partial charge in [0.25, 0.3) is 0 Å². The normalized spacial score (nSPS) is 16.7. The molecular formula is C18H17BrN4O2. The van der Waals surface area contributed by atoms with Gasteiger partial charge in [0.15, 0.2) is 0 Å². The van der Waals surface area contributed by atoms with Crippen molar-refractivity contribution in [3.8, 4) is 0 Å². The molecule has 0 radical (unpaired) electrons. The van der Waals surface area contributed by atoms with Gasteiger partial charge in [-0.25, -0.2) is 4.98 Å². The summed E-state index contributed by atoms with van der Waals surface area (Å²) in [5.41, 5.74) is 4.01. The zero-order valence-corrected chi connectivity index (χ0v) is 15.4. The highest BCUT2D eigenvalue weighted by Gasteiger charge is 2.29. The maximum absolute atomic E-state index is 12.5. The van der Waals surface area contributed by atoms with Crippen molar-refractivity contribution in [1.82, 2.24) is 14.5 Å². The smallest absolute Gasteiger partial charge is 0.248 e. The number of amides is 1. The Kier molecular flexibility index (Phi) is 4.27. The number of aliphatic imine (C=N–C) groups is 1. The number of nitrogens with zero attached hydrogens (tertiary/aromatic N) is 4. The van der Waals surface area contributed by atoms with E-state index in [0.29, 0.717) is 19.0 Å². The second-order valence-corrected chi connectivity index (χ2v) is 6.82. The lowest BCUT2D eigenvalue weighted by Gasteiger charge is -2.31. The molecule has 0 bridgehead atoms. The van der Waals surface area contributed by atoms with E-state index >= 15 is 0 Å². The minimum Gasteiger partial charge on any atom is -0.378 e. The highest BCUT2D eigenvalue weighted by atomic mass is 79.9. The number of imidazole rings is 1. The van der Waals surface area contributed by atoms with E-state index < -0.39 is 0 Å². The van der Waals surface area contributed by atoms with Gasteiger partial charge in [0, 0.05) is 36.0 Å². The third-order valence-corrected chi connectivity index (χ3v) is 5.15. The Hall–Kier alpha value is -2.25. The number of benzene rings is 1.